The molecule has 0 unspecified atom stereocenters. The number of benzene rings is 2. The number of carbonyl (C=O) groups excluding carboxylic acids is 2. The summed E-state index contributed by atoms with van der Waals surface area (Å²) < 4.78 is 0. The number of thioether (sulfide) groups is 1. The predicted octanol–water partition coefficient (Wildman–Crippen LogP) is 3.86. The first-order valence-electron chi connectivity index (χ1n) is 7.64. The summed E-state index contributed by atoms with van der Waals surface area (Å²) in [5.74, 6) is -0.211. The van der Waals surface area contributed by atoms with Crippen molar-refractivity contribution in [2.24, 2.45) is 0 Å². The molecule has 2 aromatic carbocycles. The molecule has 1 N–H and O–H groups in total. The van der Waals surface area contributed by atoms with Crippen molar-refractivity contribution in [2.75, 3.05) is 18.1 Å². The normalized spacial score (nSPS) is 13.1. The Morgan fingerprint density at radius 2 is 1.92 bits per heavy atom. The van der Waals surface area contributed by atoms with Gasteiger partial charge in [-0.3, -0.25) is 9.59 Å². The van der Waals surface area contributed by atoms with Crippen molar-refractivity contribution in [2.45, 2.75) is 11.3 Å². The molecule has 0 fully saturated rings. The minimum absolute atomic E-state index is 0.0900. The van der Waals surface area contributed by atoms with E-state index in [1.54, 1.807) is 22.7 Å². The summed E-state index contributed by atoms with van der Waals surface area (Å²) in [7, 11) is 0. The first-order chi connectivity index (χ1) is 11.6. The predicted molar refractivity (Wildman–Crippen MR) is 98.0 cm³/mol. The lowest BCUT2D eigenvalue weighted by molar-refractivity contribution is -0.116. The number of fused-ring (bicyclic) bond motifs is 1. The van der Waals surface area contributed by atoms with Gasteiger partial charge in [0, 0.05) is 40.4 Å². The molecule has 122 valence electrons. The highest BCUT2D eigenvalue weighted by Crippen LogP contribution is 2.31. The first-order valence-corrected chi connectivity index (χ1v) is 8.86. The van der Waals surface area contributed by atoms with Crippen LogP contribution in [0.4, 0.5) is 5.69 Å². The van der Waals surface area contributed by atoms with Gasteiger partial charge in [-0.2, -0.15) is 0 Å². The molecule has 4 nitrogen and oxygen atoms in total. The van der Waals surface area contributed by atoms with Gasteiger partial charge in [0.1, 0.15) is 0 Å². The van der Waals surface area contributed by atoms with Crippen molar-refractivity contribution in [3.05, 3.63) is 66.2 Å². The van der Waals surface area contributed by atoms with Crippen LogP contribution in [0.5, 0.6) is 0 Å². The van der Waals surface area contributed by atoms with E-state index in [-0.39, 0.29) is 18.2 Å². The molecule has 24 heavy (non-hydrogen) atoms. The van der Waals surface area contributed by atoms with Gasteiger partial charge in [0.25, 0.3) is 5.91 Å². The highest BCUT2D eigenvalue weighted by molar-refractivity contribution is 7.98. The average Bonchev–Trinajstić information content (AvgIpc) is 2.84. The second-order valence-electron chi connectivity index (χ2n) is 5.48. The molecule has 0 aliphatic carbocycles. The van der Waals surface area contributed by atoms with Crippen LogP contribution >= 0.6 is 11.8 Å². The molecule has 0 saturated carbocycles. The molecule has 0 saturated heterocycles. The molecule has 0 bridgehead atoms. The van der Waals surface area contributed by atoms with Crippen molar-refractivity contribution in [1.29, 1.82) is 0 Å². The molecule has 0 atom stereocenters. The van der Waals surface area contributed by atoms with Gasteiger partial charge < -0.3 is 10.2 Å². The van der Waals surface area contributed by atoms with E-state index >= 15 is 0 Å². The maximum atomic E-state index is 12.4. The summed E-state index contributed by atoms with van der Waals surface area (Å²) in [4.78, 5) is 27.2. The van der Waals surface area contributed by atoms with E-state index in [2.05, 4.69) is 11.9 Å². The second kappa shape index (κ2) is 6.93. The molecule has 1 heterocycles. The Hall–Kier alpha value is -2.53. The number of rotatable bonds is 5. The van der Waals surface area contributed by atoms with Gasteiger partial charge in [0.15, 0.2) is 0 Å². The number of hydrogen-bond acceptors (Lipinski definition) is 3. The lowest BCUT2D eigenvalue weighted by atomic mass is 10.1. The van der Waals surface area contributed by atoms with E-state index in [0.29, 0.717) is 17.8 Å². The van der Waals surface area contributed by atoms with E-state index in [1.165, 1.54) is 0 Å². The van der Waals surface area contributed by atoms with Crippen molar-refractivity contribution >= 4 is 35.0 Å². The Kier molecular flexibility index (Phi) is 4.71. The van der Waals surface area contributed by atoms with Crippen LogP contribution in [0.15, 0.2) is 60.0 Å². The molecule has 0 radical (unpaired) electrons. The van der Waals surface area contributed by atoms with Crippen LogP contribution in [0.3, 0.4) is 0 Å². The Morgan fingerprint density at radius 1 is 1.17 bits per heavy atom. The topological polar surface area (TPSA) is 49.4 Å². The third kappa shape index (κ3) is 3.21. The third-order valence-electron chi connectivity index (χ3n) is 3.96. The fraction of sp³-hybridized carbons (Fsp3) is 0.158. The molecular formula is C19H18N2O2S. The number of hydrogen-bond donors (Lipinski definition) is 1. The van der Waals surface area contributed by atoms with Crippen LogP contribution in [0.2, 0.25) is 0 Å². The standard InChI is InChI=1S/C19H18N2O2S/c1-13-16-8-3-4-9-17(16)19(23)21(13)11-10-18(22)20-14-6-5-7-15(12-14)24-2/h3-9,12H,1,10-11H2,2H3,(H,20,22). The number of anilines is 1. The summed E-state index contributed by atoms with van der Waals surface area (Å²) in [6.45, 7) is 4.30. The van der Waals surface area contributed by atoms with Crippen LogP contribution < -0.4 is 5.32 Å². The van der Waals surface area contributed by atoms with Crippen molar-refractivity contribution in [1.82, 2.24) is 4.90 Å². The molecule has 1 aliphatic rings. The monoisotopic (exact) mass is 338 g/mol. The number of amides is 2. The maximum Gasteiger partial charge on any atom is 0.258 e. The second-order valence-corrected chi connectivity index (χ2v) is 6.36. The molecule has 0 spiro atoms. The van der Waals surface area contributed by atoms with Crippen LogP contribution in [0.1, 0.15) is 22.3 Å². The molecule has 5 heteroatoms. The highest BCUT2D eigenvalue weighted by atomic mass is 32.2. The first kappa shape index (κ1) is 16.3. The van der Waals surface area contributed by atoms with E-state index in [9.17, 15) is 9.59 Å². The summed E-state index contributed by atoms with van der Waals surface area (Å²) in [5.41, 5.74) is 2.92. The van der Waals surface area contributed by atoms with Crippen LogP contribution in [-0.2, 0) is 4.79 Å². The average molecular weight is 338 g/mol. The van der Waals surface area contributed by atoms with Gasteiger partial charge in [-0.05, 0) is 30.5 Å². The van der Waals surface area contributed by atoms with Gasteiger partial charge in [-0.1, -0.05) is 30.8 Å². The molecule has 1 aliphatic heterocycles. The van der Waals surface area contributed by atoms with E-state index < -0.39 is 0 Å². The van der Waals surface area contributed by atoms with E-state index in [0.717, 1.165) is 16.1 Å². The van der Waals surface area contributed by atoms with E-state index in [4.69, 9.17) is 0 Å². The summed E-state index contributed by atoms with van der Waals surface area (Å²) in [6.07, 6.45) is 2.21. The maximum absolute atomic E-state index is 12.4. The fourth-order valence-corrected chi connectivity index (χ4v) is 3.17. The Morgan fingerprint density at radius 3 is 2.62 bits per heavy atom. The largest absolute Gasteiger partial charge is 0.326 e. The van der Waals surface area contributed by atoms with Gasteiger partial charge in [-0.25, -0.2) is 0 Å². The van der Waals surface area contributed by atoms with Crippen molar-refractivity contribution < 1.29 is 9.59 Å². The van der Waals surface area contributed by atoms with Gasteiger partial charge in [0.2, 0.25) is 5.91 Å². The number of carbonyl (C=O) groups is 2. The van der Waals surface area contributed by atoms with Gasteiger partial charge in [0.05, 0.1) is 0 Å². The van der Waals surface area contributed by atoms with Gasteiger partial charge >= 0.3 is 0 Å². The van der Waals surface area contributed by atoms with Crippen LogP contribution in [0.25, 0.3) is 5.70 Å². The number of nitrogens with zero attached hydrogens (tertiary/aromatic N) is 1. The molecule has 3 rings (SSSR count). The Balaban J connectivity index is 1.61. The molecule has 2 amide bonds. The quantitative estimate of drug-likeness (QED) is 0.842. The zero-order valence-corrected chi connectivity index (χ0v) is 14.2. The van der Waals surface area contributed by atoms with Crippen LogP contribution in [0, 0.1) is 0 Å². The van der Waals surface area contributed by atoms with Crippen LogP contribution in [-0.4, -0.2) is 29.5 Å². The summed E-state index contributed by atoms with van der Waals surface area (Å²) in [5, 5.41) is 2.87. The van der Waals surface area contributed by atoms with Crippen molar-refractivity contribution in [3.63, 3.8) is 0 Å². The molecule has 2 aromatic rings. The highest BCUT2D eigenvalue weighted by Gasteiger charge is 2.30. The Labute approximate surface area is 145 Å². The van der Waals surface area contributed by atoms with Gasteiger partial charge in [-0.15, -0.1) is 11.8 Å². The smallest absolute Gasteiger partial charge is 0.258 e. The fourth-order valence-electron chi connectivity index (χ4n) is 2.71. The minimum atomic E-state index is -0.121. The zero-order chi connectivity index (χ0) is 17.1. The Bertz CT molecular complexity index is 782. The lowest BCUT2D eigenvalue weighted by Crippen LogP contribution is -2.27. The van der Waals surface area contributed by atoms with E-state index in [1.807, 2.05) is 48.7 Å². The molecule has 0 aromatic heterocycles. The minimum Gasteiger partial charge on any atom is -0.326 e. The zero-order valence-electron chi connectivity index (χ0n) is 13.4. The summed E-state index contributed by atoms with van der Waals surface area (Å²) in [6, 6.07) is 15.1. The third-order valence-corrected chi connectivity index (χ3v) is 4.68. The van der Waals surface area contributed by atoms with Crippen molar-refractivity contribution in [3.8, 4) is 0 Å². The molecular weight excluding hydrogens is 320 g/mol. The lowest BCUT2D eigenvalue weighted by Gasteiger charge is -2.17. The summed E-state index contributed by atoms with van der Waals surface area (Å²) >= 11 is 1.62. The SMILES string of the molecule is C=C1c2ccccc2C(=O)N1CCC(=O)Nc1cccc(SC)c1. The number of nitrogens with one attached hydrogen (secondary N) is 1.